The number of para-hydroxylation sites is 1. The fourth-order valence-corrected chi connectivity index (χ4v) is 4.98. The van der Waals surface area contributed by atoms with Gasteiger partial charge in [-0.2, -0.15) is 5.10 Å². The zero-order valence-corrected chi connectivity index (χ0v) is 22.5. The number of hydrogen-bond acceptors (Lipinski definition) is 4. The molecule has 4 aromatic carbocycles. The Kier molecular flexibility index (Phi) is 7.40. The lowest BCUT2D eigenvalue weighted by molar-refractivity contribution is 0.0734. The third kappa shape index (κ3) is 5.39. The van der Waals surface area contributed by atoms with E-state index in [1.54, 1.807) is 48.5 Å². The van der Waals surface area contributed by atoms with Gasteiger partial charge >= 0.3 is 5.97 Å². The van der Waals surface area contributed by atoms with Gasteiger partial charge in [0.1, 0.15) is 11.4 Å². The van der Waals surface area contributed by atoms with Gasteiger partial charge in [0.15, 0.2) is 0 Å². The predicted octanol–water partition coefficient (Wildman–Crippen LogP) is 7.54. The highest BCUT2D eigenvalue weighted by Gasteiger charge is 2.21. The molecular weight excluding hydrogens is 566 g/mol. The molecule has 0 aliphatic heterocycles. The van der Waals surface area contributed by atoms with Crippen LogP contribution in [0.25, 0.3) is 22.0 Å². The second kappa shape index (κ2) is 11.0. The van der Waals surface area contributed by atoms with Crippen molar-refractivity contribution >= 4 is 56.5 Å². The van der Waals surface area contributed by atoms with Crippen LogP contribution < -0.4 is 10.2 Å². The number of nitrogens with one attached hydrogen (secondary N) is 2. The van der Waals surface area contributed by atoms with Crippen LogP contribution in [0.1, 0.15) is 32.0 Å². The van der Waals surface area contributed by atoms with Crippen LogP contribution >= 0.6 is 27.5 Å². The average Bonchev–Trinajstić information content (AvgIpc) is 3.30. The minimum Gasteiger partial charge on any atom is -0.422 e. The molecule has 0 unspecified atom stereocenters. The molecule has 1 heterocycles. The molecule has 38 heavy (non-hydrogen) atoms. The first-order chi connectivity index (χ1) is 18.4. The number of hydrogen-bond donors (Lipinski definition) is 2. The summed E-state index contributed by atoms with van der Waals surface area (Å²) in [6, 6.07) is 27.4. The van der Waals surface area contributed by atoms with Crippen LogP contribution in [0.2, 0.25) is 5.02 Å². The van der Waals surface area contributed by atoms with E-state index in [2.05, 4.69) is 31.4 Å². The summed E-state index contributed by atoms with van der Waals surface area (Å²) in [7, 11) is 0. The van der Waals surface area contributed by atoms with Gasteiger partial charge < -0.3 is 9.72 Å². The van der Waals surface area contributed by atoms with E-state index in [1.165, 1.54) is 6.21 Å². The molecule has 0 atom stereocenters. The summed E-state index contributed by atoms with van der Waals surface area (Å²) in [5.41, 5.74) is 7.05. The molecule has 0 radical (unpaired) electrons. The van der Waals surface area contributed by atoms with E-state index in [0.717, 1.165) is 21.0 Å². The van der Waals surface area contributed by atoms with Crippen LogP contribution in [0.15, 0.2) is 101 Å². The summed E-state index contributed by atoms with van der Waals surface area (Å²) in [6.07, 6.45) is 1.44. The maximum absolute atomic E-state index is 13.3. The van der Waals surface area contributed by atoms with Crippen molar-refractivity contribution in [3.8, 4) is 16.9 Å². The molecule has 0 spiro atoms. The van der Waals surface area contributed by atoms with E-state index in [9.17, 15) is 9.59 Å². The van der Waals surface area contributed by atoms with E-state index >= 15 is 0 Å². The van der Waals surface area contributed by atoms with Gasteiger partial charge in [-0.3, -0.25) is 4.79 Å². The minimum atomic E-state index is -0.479. The quantitative estimate of drug-likeness (QED) is 0.0933. The molecule has 1 amide bonds. The van der Waals surface area contributed by atoms with Gasteiger partial charge in [-0.25, -0.2) is 10.2 Å². The summed E-state index contributed by atoms with van der Waals surface area (Å²) >= 11 is 9.96. The van der Waals surface area contributed by atoms with Gasteiger partial charge in [0.2, 0.25) is 0 Å². The summed E-state index contributed by atoms with van der Waals surface area (Å²) < 4.78 is 6.40. The van der Waals surface area contributed by atoms with Crippen molar-refractivity contribution in [3.05, 3.63) is 123 Å². The van der Waals surface area contributed by atoms with Gasteiger partial charge in [-0.05, 0) is 48.9 Å². The number of fused-ring (bicyclic) bond motifs is 1. The molecule has 8 heteroatoms. The first-order valence-electron chi connectivity index (χ1n) is 11.7. The standard InChI is InChI=1S/C30H21BrClN3O3/c1-18-8-7-12-20(14-18)30(37)38-25-13-6-5-11-21(25)17-33-35-29(36)28-26(19-9-3-2-4-10-19)23-15-22(31)16-24(32)27(23)34-28/h2-17,34H,1H3,(H,35,36). The molecule has 0 bridgehead atoms. The van der Waals surface area contributed by atoms with Crippen molar-refractivity contribution in [1.29, 1.82) is 0 Å². The number of benzene rings is 4. The average molecular weight is 587 g/mol. The lowest BCUT2D eigenvalue weighted by atomic mass is 10.0. The molecule has 0 aliphatic carbocycles. The van der Waals surface area contributed by atoms with Crippen molar-refractivity contribution < 1.29 is 14.3 Å². The molecular formula is C30H21BrClN3O3. The first-order valence-corrected chi connectivity index (χ1v) is 12.9. The Morgan fingerprint density at radius 3 is 2.53 bits per heavy atom. The molecule has 6 nitrogen and oxygen atoms in total. The molecule has 2 N–H and O–H groups in total. The first kappa shape index (κ1) is 25.4. The predicted molar refractivity (Wildman–Crippen MR) is 154 cm³/mol. The number of ether oxygens (including phenoxy) is 1. The number of amides is 1. The van der Waals surface area contributed by atoms with Crippen molar-refractivity contribution in [2.45, 2.75) is 6.92 Å². The Bertz CT molecular complexity index is 1700. The second-order valence-corrected chi connectivity index (χ2v) is 9.87. The van der Waals surface area contributed by atoms with E-state index in [-0.39, 0.29) is 0 Å². The van der Waals surface area contributed by atoms with Gasteiger partial charge in [-0.1, -0.05) is 87.7 Å². The Morgan fingerprint density at radius 1 is 0.974 bits per heavy atom. The van der Waals surface area contributed by atoms with E-state index in [0.29, 0.717) is 38.7 Å². The number of halogens is 2. The number of aryl methyl sites for hydroxylation is 1. The molecule has 0 fully saturated rings. The summed E-state index contributed by atoms with van der Waals surface area (Å²) in [5, 5.41) is 5.43. The van der Waals surface area contributed by atoms with Crippen molar-refractivity contribution in [1.82, 2.24) is 10.4 Å². The number of rotatable bonds is 6. The highest BCUT2D eigenvalue weighted by molar-refractivity contribution is 9.10. The van der Waals surface area contributed by atoms with E-state index in [4.69, 9.17) is 16.3 Å². The lowest BCUT2D eigenvalue weighted by Crippen LogP contribution is -2.19. The number of nitrogens with zero attached hydrogens (tertiary/aromatic N) is 1. The second-order valence-electron chi connectivity index (χ2n) is 8.55. The number of H-pyrrole nitrogens is 1. The number of hydrazone groups is 1. The summed E-state index contributed by atoms with van der Waals surface area (Å²) in [4.78, 5) is 29.1. The maximum atomic E-state index is 13.3. The van der Waals surface area contributed by atoms with Crippen LogP contribution in [0, 0.1) is 6.92 Å². The molecule has 0 aliphatic rings. The summed E-state index contributed by atoms with van der Waals surface area (Å²) in [5.74, 6) is -0.603. The lowest BCUT2D eigenvalue weighted by Gasteiger charge is -2.08. The largest absolute Gasteiger partial charge is 0.422 e. The topological polar surface area (TPSA) is 83.5 Å². The Hall–Kier alpha value is -4.20. The maximum Gasteiger partial charge on any atom is 0.343 e. The summed E-state index contributed by atoms with van der Waals surface area (Å²) in [6.45, 7) is 1.91. The number of aromatic amines is 1. The Labute approximate surface area is 232 Å². The fourth-order valence-electron chi connectivity index (χ4n) is 4.12. The van der Waals surface area contributed by atoms with E-state index in [1.807, 2.05) is 49.4 Å². The number of aromatic nitrogens is 1. The molecule has 0 saturated heterocycles. The van der Waals surface area contributed by atoms with Gasteiger partial charge in [0, 0.05) is 21.0 Å². The zero-order chi connectivity index (χ0) is 26.6. The Morgan fingerprint density at radius 2 is 1.74 bits per heavy atom. The highest BCUT2D eigenvalue weighted by Crippen LogP contribution is 2.37. The number of esters is 1. The van der Waals surface area contributed by atoms with Crippen LogP contribution in [0.5, 0.6) is 5.75 Å². The fraction of sp³-hybridized carbons (Fsp3) is 0.0333. The SMILES string of the molecule is Cc1cccc(C(=O)Oc2ccccc2C=NNC(=O)c2[nH]c3c(Cl)cc(Br)cc3c2-c2ccccc2)c1. The molecule has 0 saturated carbocycles. The monoisotopic (exact) mass is 585 g/mol. The van der Waals surface area contributed by atoms with Gasteiger partial charge in [0.05, 0.1) is 22.3 Å². The smallest absolute Gasteiger partial charge is 0.343 e. The van der Waals surface area contributed by atoms with Crippen LogP contribution in [-0.4, -0.2) is 23.1 Å². The van der Waals surface area contributed by atoms with Crippen LogP contribution in [0.3, 0.4) is 0 Å². The Balaban J connectivity index is 1.41. The minimum absolute atomic E-state index is 0.322. The van der Waals surface area contributed by atoms with Crippen molar-refractivity contribution in [3.63, 3.8) is 0 Å². The van der Waals surface area contributed by atoms with E-state index < -0.39 is 11.9 Å². The third-order valence-corrected chi connectivity index (χ3v) is 6.61. The molecule has 188 valence electrons. The number of carbonyl (C=O) groups excluding carboxylic acids is 2. The van der Waals surface area contributed by atoms with Crippen LogP contribution in [0.4, 0.5) is 0 Å². The normalized spacial score (nSPS) is 11.1. The third-order valence-electron chi connectivity index (χ3n) is 5.86. The number of carbonyl (C=O) groups is 2. The van der Waals surface area contributed by atoms with Gasteiger partial charge in [-0.15, -0.1) is 0 Å². The van der Waals surface area contributed by atoms with Crippen molar-refractivity contribution in [2.24, 2.45) is 5.10 Å². The highest BCUT2D eigenvalue weighted by atomic mass is 79.9. The zero-order valence-electron chi connectivity index (χ0n) is 20.2. The van der Waals surface area contributed by atoms with Crippen LogP contribution in [-0.2, 0) is 0 Å². The molecule has 1 aromatic heterocycles. The van der Waals surface area contributed by atoms with Crippen molar-refractivity contribution in [2.75, 3.05) is 0 Å². The van der Waals surface area contributed by atoms with Gasteiger partial charge in [0.25, 0.3) is 5.91 Å². The molecule has 5 aromatic rings. The molecule has 5 rings (SSSR count).